The van der Waals surface area contributed by atoms with Crippen LogP contribution in [0.25, 0.3) is 0 Å². The van der Waals surface area contributed by atoms with Crippen molar-refractivity contribution in [3.05, 3.63) is 0 Å². The number of nitrogens with zero attached hydrogens (tertiary/aromatic N) is 2. The summed E-state index contributed by atoms with van der Waals surface area (Å²) in [6.45, 7) is 8.74. The molecule has 3 fully saturated rings. The van der Waals surface area contributed by atoms with E-state index in [1.807, 2.05) is 0 Å². The topological polar surface area (TPSA) is 44.8 Å². The monoisotopic (exact) mass is 367 g/mol. The first-order chi connectivity index (χ1) is 10.3. The van der Waals surface area contributed by atoms with Crippen LogP contribution in [0.15, 0.2) is 0 Å². The van der Waals surface area contributed by atoms with E-state index in [0.29, 0.717) is 17.7 Å². The Morgan fingerprint density at radius 1 is 0.957 bits per heavy atom. The van der Waals surface area contributed by atoms with Gasteiger partial charge in [-0.1, -0.05) is 0 Å². The van der Waals surface area contributed by atoms with Crippen molar-refractivity contribution in [2.45, 2.75) is 32.1 Å². The first-order valence-electron chi connectivity index (χ1n) is 8.56. The minimum Gasteiger partial charge on any atom is -0.379 e. The van der Waals surface area contributed by atoms with Gasteiger partial charge in [-0.2, -0.15) is 0 Å². The molecule has 0 radical (unpaired) electrons. The molecule has 1 spiro atoms. The predicted octanol–water partition coefficient (Wildman–Crippen LogP) is 1.54. The van der Waals surface area contributed by atoms with Crippen LogP contribution in [0.1, 0.15) is 32.1 Å². The normalized spacial score (nSPS) is 24.6. The third-order valence-corrected chi connectivity index (χ3v) is 5.59. The summed E-state index contributed by atoms with van der Waals surface area (Å²) in [5.41, 5.74) is 0.534. The van der Waals surface area contributed by atoms with E-state index in [4.69, 9.17) is 4.74 Å². The van der Waals surface area contributed by atoms with Crippen LogP contribution in [-0.2, 0) is 9.53 Å². The third-order valence-electron chi connectivity index (χ3n) is 5.59. The number of hydrogen-bond acceptors (Lipinski definition) is 4. The van der Waals surface area contributed by atoms with Crippen molar-refractivity contribution in [2.75, 3.05) is 59.0 Å². The number of morpholine rings is 1. The Balaban J connectivity index is 0.00000132. The fraction of sp³-hybridized carbons (Fsp3) is 0.938. The van der Waals surface area contributed by atoms with Crippen molar-refractivity contribution >= 4 is 30.7 Å². The van der Waals surface area contributed by atoms with Crippen molar-refractivity contribution in [2.24, 2.45) is 5.41 Å². The zero-order valence-corrected chi connectivity index (χ0v) is 15.6. The van der Waals surface area contributed by atoms with E-state index in [-0.39, 0.29) is 24.8 Å². The lowest BCUT2D eigenvalue weighted by Gasteiger charge is -2.44. The lowest BCUT2D eigenvalue weighted by atomic mass is 9.71. The van der Waals surface area contributed by atoms with Crippen molar-refractivity contribution in [3.8, 4) is 0 Å². The van der Waals surface area contributed by atoms with Crippen molar-refractivity contribution < 1.29 is 9.53 Å². The Bertz CT molecular complexity index is 349. The Hall–Kier alpha value is -0.0700. The van der Waals surface area contributed by atoms with Gasteiger partial charge in [0.05, 0.1) is 13.2 Å². The molecule has 0 atom stereocenters. The summed E-state index contributed by atoms with van der Waals surface area (Å²) < 4.78 is 5.34. The molecule has 0 aromatic rings. The second-order valence-electron chi connectivity index (χ2n) is 6.83. The molecule has 1 N–H and O–H groups in total. The minimum atomic E-state index is 0. The molecular weight excluding hydrogens is 337 g/mol. The van der Waals surface area contributed by atoms with Crippen LogP contribution in [0.3, 0.4) is 0 Å². The van der Waals surface area contributed by atoms with Crippen molar-refractivity contribution in [1.29, 1.82) is 0 Å². The van der Waals surface area contributed by atoms with Gasteiger partial charge in [0, 0.05) is 39.1 Å². The Kier molecular flexibility index (Phi) is 9.16. The number of hydrogen-bond donors (Lipinski definition) is 1. The lowest BCUT2D eigenvalue weighted by molar-refractivity contribution is -0.134. The van der Waals surface area contributed by atoms with Crippen LogP contribution < -0.4 is 5.32 Å². The van der Waals surface area contributed by atoms with E-state index in [0.717, 1.165) is 59.0 Å². The number of carbonyl (C=O) groups excluding carboxylic acids is 1. The Morgan fingerprint density at radius 2 is 1.57 bits per heavy atom. The van der Waals surface area contributed by atoms with E-state index in [1.54, 1.807) is 0 Å². The van der Waals surface area contributed by atoms with Gasteiger partial charge in [-0.3, -0.25) is 9.69 Å². The van der Waals surface area contributed by atoms with Gasteiger partial charge in [-0.05, 0) is 44.2 Å². The number of amides is 1. The highest BCUT2D eigenvalue weighted by atomic mass is 35.5. The molecule has 3 aliphatic heterocycles. The highest BCUT2D eigenvalue weighted by Crippen LogP contribution is 2.39. The van der Waals surface area contributed by atoms with Gasteiger partial charge < -0.3 is 15.0 Å². The molecule has 0 saturated carbocycles. The van der Waals surface area contributed by atoms with E-state index >= 15 is 0 Å². The largest absolute Gasteiger partial charge is 0.379 e. The van der Waals surface area contributed by atoms with Gasteiger partial charge >= 0.3 is 0 Å². The molecule has 136 valence electrons. The van der Waals surface area contributed by atoms with Gasteiger partial charge in [0.15, 0.2) is 0 Å². The molecular formula is C16H31Cl2N3O2. The highest BCUT2D eigenvalue weighted by molar-refractivity contribution is 5.85. The fourth-order valence-electron chi connectivity index (χ4n) is 3.92. The van der Waals surface area contributed by atoms with Gasteiger partial charge in [-0.15, -0.1) is 24.8 Å². The van der Waals surface area contributed by atoms with E-state index < -0.39 is 0 Å². The van der Waals surface area contributed by atoms with Gasteiger partial charge in [0.1, 0.15) is 0 Å². The summed E-state index contributed by atoms with van der Waals surface area (Å²) in [7, 11) is 0. The van der Waals surface area contributed by atoms with Crippen molar-refractivity contribution in [3.63, 3.8) is 0 Å². The van der Waals surface area contributed by atoms with E-state index in [1.165, 1.54) is 25.7 Å². The first-order valence-corrected chi connectivity index (χ1v) is 8.56. The first kappa shape index (κ1) is 21.0. The van der Waals surface area contributed by atoms with Crippen LogP contribution in [0.4, 0.5) is 0 Å². The molecule has 5 nitrogen and oxygen atoms in total. The molecule has 0 aromatic heterocycles. The molecule has 1 amide bonds. The average Bonchev–Trinajstić information content (AvgIpc) is 2.55. The summed E-state index contributed by atoms with van der Waals surface area (Å²) in [6.07, 6.45) is 5.68. The average molecular weight is 368 g/mol. The van der Waals surface area contributed by atoms with Crippen LogP contribution >= 0.6 is 24.8 Å². The predicted molar refractivity (Wildman–Crippen MR) is 96.7 cm³/mol. The molecule has 0 aliphatic carbocycles. The molecule has 3 saturated heterocycles. The molecule has 3 heterocycles. The van der Waals surface area contributed by atoms with Crippen LogP contribution in [0, 0.1) is 5.41 Å². The highest BCUT2D eigenvalue weighted by Gasteiger charge is 2.36. The Morgan fingerprint density at radius 3 is 2.17 bits per heavy atom. The zero-order valence-electron chi connectivity index (χ0n) is 13.9. The van der Waals surface area contributed by atoms with Crippen LogP contribution in [-0.4, -0.2) is 74.7 Å². The SMILES string of the molecule is Cl.Cl.O=C(CCN1CCOCC1)N1CCC2(CCNCC2)CC1. The molecule has 3 aliphatic rings. The molecule has 23 heavy (non-hydrogen) atoms. The maximum atomic E-state index is 12.4. The molecule has 3 rings (SSSR count). The standard InChI is InChI=1S/C16H29N3O2.2ClH/c20-15(1-8-18-11-13-21-14-12-18)19-9-4-16(5-10-19)2-6-17-7-3-16;;/h17H,1-14H2;2*1H. The second kappa shape index (κ2) is 10.0. The molecule has 0 unspecified atom stereocenters. The van der Waals surface area contributed by atoms with E-state index in [9.17, 15) is 4.79 Å². The summed E-state index contributed by atoms with van der Waals surface area (Å²) >= 11 is 0. The van der Waals surface area contributed by atoms with Crippen LogP contribution in [0.2, 0.25) is 0 Å². The number of likely N-dealkylation sites (tertiary alicyclic amines) is 1. The van der Waals surface area contributed by atoms with Gasteiger partial charge in [0.2, 0.25) is 5.91 Å². The summed E-state index contributed by atoms with van der Waals surface area (Å²) in [6, 6.07) is 0. The summed E-state index contributed by atoms with van der Waals surface area (Å²) in [4.78, 5) is 16.8. The number of ether oxygens (including phenoxy) is 1. The smallest absolute Gasteiger partial charge is 0.223 e. The molecule has 0 aromatic carbocycles. The maximum absolute atomic E-state index is 12.4. The second-order valence-corrected chi connectivity index (χ2v) is 6.83. The summed E-state index contributed by atoms with van der Waals surface area (Å²) in [5.74, 6) is 0.352. The number of piperidine rings is 2. The fourth-order valence-corrected chi connectivity index (χ4v) is 3.92. The zero-order chi connectivity index (χ0) is 14.5. The number of rotatable bonds is 3. The number of carbonyl (C=O) groups is 1. The van der Waals surface area contributed by atoms with Crippen molar-refractivity contribution in [1.82, 2.24) is 15.1 Å². The van der Waals surface area contributed by atoms with Crippen LogP contribution in [0.5, 0.6) is 0 Å². The van der Waals surface area contributed by atoms with Gasteiger partial charge in [-0.25, -0.2) is 0 Å². The summed E-state index contributed by atoms with van der Waals surface area (Å²) in [5, 5.41) is 3.45. The maximum Gasteiger partial charge on any atom is 0.223 e. The lowest BCUT2D eigenvalue weighted by Crippen LogP contribution is -2.48. The third kappa shape index (κ3) is 5.75. The van der Waals surface area contributed by atoms with E-state index in [2.05, 4.69) is 15.1 Å². The molecule has 0 bridgehead atoms. The minimum absolute atomic E-state index is 0. The van der Waals surface area contributed by atoms with Gasteiger partial charge in [0.25, 0.3) is 0 Å². The quantitative estimate of drug-likeness (QED) is 0.821. The Labute approximate surface area is 152 Å². The number of nitrogens with one attached hydrogen (secondary N) is 1. The molecule has 7 heteroatoms. The number of halogens is 2.